The fraction of sp³-hybridized carbons (Fsp3) is 0.571. The average molecular weight is 337 g/mol. The van der Waals surface area contributed by atoms with Gasteiger partial charge in [0.2, 0.25) is 10.0 Å². The molecule has 0 atom stereocenters. The average Bonchev–Trinajstić information content (AvgIpc) is 3.05. The molecule has 23 heavy (non-hydrogen) atoms. The lowest BCUT2D eigenvalue weighted by Crippen LogP contribution is -2.64. The van der Waals surface area contributed by atoms with Crippen LogP contribution < -0.4 is 0 Å². The molecule has 3 heterocycles. The maximum Gasteiger partial charge on any atom is 0.246 e. The number of aliphatic hydroxyl groups is 1. The highest BCUT2D eigenvalue weighted by molar-refractivity contribution is 7.89. The van der Waals surface area contributed by atoms with Gasteiger partial charge in [0.05, 0.1) is 17.5 Å². The van der Waals surface area contributed by atoms with Crippen molar-refractivity contribution in [3.05, 3.63) is 29.8 Å². The summed E-state index contributed by atoms with van der Waals surface area (Å²) in [5.41, 5.74) is 0.461. The van der Waals surface area contributed by atoms with Crippen LogP contribution in [0.1, 0.15) is 36.6 Å². The van der Waals surface area contributed by atoms with E-state index in [0.29, 0.717) is 12.1 Å². The minimum atomic E-state index is -3.61. The van der Waals surface area contributed by atoms with Crippen molar-refractivity contribution < 1.29 is 13.5 Å². The number of sulfonamides is 1. The first-order chi connectivity index (χ1) is 11.0. The van der Waals surface area contributed by atoms with E-state index in [1.165, 1.54) is 10.5 Å². The van der Waals surface area contributed by atoms with Gasteiger partial charge in [0.1, 0.15) is 4.90 Å². The van der Waals surface area contributed by atoms with E-state index >= 15 is 0 Å². The Bertz CT molecular complexity index is 788. The Morgan fingerprint density at radius 3 is 2.70 bits per heavy atom. The fourth-order valence-corrected chi connectivity index (χ4v) is 5.02. The number of aromatic amines is 2. The van der Waals surface area contributed by atoms with E-state index in [2.05, 4.69) is 20.4 Å². The highest BCUT2D eigenvalue weighted by atomic mass is 32.2. The van der Waals surface area contributed by atoms with Crippen molar-refractivity contribution >= 4 is 10.0 Å². The van der Waals surface area contributed by atoms with E-state index < -0.39 is 15.6 Å². The summed E-state index contributed by atoms with van der Waals surface area (Å²) in [5.74, 6) is 0.257. The van der Waals surface area contributed by atoms with Gasteiger partial charge in [-0.05, 0) is 18.9 Å². The molecule has 4 rings (SSSR count). The van der Waals surface area contributed by atoms with Gasteiger partial charge in [-0.1, -0.05) is 6.42 Å². The molecule has 0 amide bonds. The number of nitrogens with one attached hydrogen (secondary N) is 2. The van der Waals surface area contributed by atoms with Crippen molar-refractivity contribution in [2.24, 2.45) is 0 Å². The van der Waals surface area contributed by atoms with Gasteiger partial charge in [-0.2, -0.15) is 14.5 Å². The fourth-order valence-electron chi connectivity index (χ4n) is 3.25. The van der Waals surface area contributed by atoms with Crippen LogP contribution in [0.15, 0.2) is 23.4 Å². The van der Waals surface area contributed by atoms with Crippen LogP contribution in [0.2, 0.25) is 0 Å². The van der Waals surface area contributed by atoms with Crippen LogP contribution in [0.4, 0.5) is 0 Å². The molecule has 124 valence electrons. The maximum absolute atomic E-state index is 12.8. The Morgan fingerprint density at radius 1 is 1.30 bits per heavy atom. The standard InChI is InChI=1S/C14H19N5O3S/c20-14(6-11-4-5-15-17-11)8-19(9-14)23(21,22)12-7-16-18-13(12)10-2-1-3-10/h4-5,7,10,20H,1-3,6,8-9H2,(H,15,17)(H,16,18). The van der Waals surface area contributed by atoms with Gasteiger partial charge in [0, 0.05) is 37.3 Å². The quantitative estimate of drug-likeness (QED) is 0.729. The summed E-state index contributed by atoms with van der Waals surface area (Å²) in [4.78, 5) is 0.255. The van der Waals surface area contributed by atoms with Gasteiger partial charge in [-0.15, -0.1) is 0 Å². The molecule has 0 radical (unpaired) electrons. The summed E-state index contributed by atoms with van der Waals surface area (Å²) in [6, 6.07) is 1.78. The lowest BCUT2D eigenvalue weighted by molar-refractivity contribution is -0.0588. The molecule has 0 unspecified atom stereocenters. The van der Waals surface area contributed by atoms with Gasteiger partial charge in [-0.3, -0.25) is 10.2 Å². The summed E-state index contributed by atoms with van der Waals surface area (Å²) >= 11 is 0. The molecule has 0 spiro atoms. The van der Waals surface area contributed by atoms with E-state index in [9.17, 15) is 13.5 Å². The van der Waals surface area contributed by atoms with Crippen molar-refractivity contribution in [3.63, 3.8) is 0 Å². The normalized spacial score (nSPS) is 21.8. The molecule has 0 aromatic carbocycles. The molecule has 1 aliphatic carbocycles. The molecule has 1 saturated carbocycles. The minimum Gasteiger partial charge on any atom is -0.387 e. The molecular formula is C14H19N5O3S. The van der Waals surface area contributed by atoms with Gasteiger partial charge in [-0.25, -0.2) is 8.42 Å². The monoisotopic (exact) mass is 337 g/mol. The second-order valence-corrected chi connectivity index (χ2v) is 8.44. The van der Waals surface area contributed by atoms with Gasteiger partial charge >= 0.3 is 0 Å². The van der Waals surface area contributed by atoms with Crippen LogP contribution in [0.5, 0.6) is 0 Å². The predicted octanol–water partition coefficient (Wildman–Crippen LogP) is 0.378. The zero-order chi connectivity index (χ0) is 16.1. The lowest BCUT2D eigenvalue weighted by atomic mass is 9.83. The molecule has 2 aromatic rings. The van der Waals surface area contributed by atoms with Gasteiger partial charge < -0.3 is 5.11 Å². The van der Waals surface area contributed by atoms with Crippen LogP contribution in [-0.4, -0.2) is 56.9 Å². The number of rotatable bonds is 5. The zero-order valence-electron chi connectivity index (χ0n) is 12.6. The third kappa shape index (κ3) is 2.48. The molecule has 1 aliphatic heterocycles. The van der Waals surface area contributed by atoms with Crippen molar-refractivity contribution in [2.75, 3.05) is 13.1 Å². The van der Waals surface area contributed by atoms with Crippen molar-refractivity contribution in [3.8, 4) is 0 Å². The van der Waals surface area contributed by atoms with Gasteiger partial charge in [0.25, 0.3) is 0 Å². The second-order valence-electron chi connectivity index (χ2n) is 6.53. The lowest BCUT2D eigenvalue weighted by Gasteiger charge is -2.45. The molecule has 2 fully saturated rings. The van der Waals surface area contributed by atoms with Crippen LogP contribution in [0.3, 0.4) is 0 Å². The largest absolute Gasteiger partial charge is 0.387 e. The topological polar surface area (TPSA) is 115 Å². The van der Waals surface area contributed by atoms with Crippen LogP contribution >= 0.6 is 0 Å². The molecule has 3 N–H and O–H groups in total. The Hall–Kier alpha value is -1.71. The Kier molecular flexibility index (Phi) is 3.33. The Morgan fingerprint density at radius 2 is 2.09 bits per heavy atom. The predicted molar refractivity (Wildman–Crippen MR) is 81.2 cm³/mol. The van der Waals surface area contributed by atoms with E-state index in [4.69, 9.17) is 0 Å². The Labute approximate surface area is 134 Å². The third-order valence-electron chi connectivity index (χ3n) is 4.78. The Balaban J connectivity index is 1.50. The highest BCUT2D eigenvalue weighted by Gasteiger charge is 2.48. The van der Waals surface area contributed by atoms with E-state index in [1.807, 2.05) is 0 Å². The minimum absolute atomic E-state index is 0.0869. The molecule has 1 saturated heterocycles. The maximum atomic E-state index is 12.8. The first kappa shape index (κ1) is 14.9. The van der Waals surface area contributed by atoms with Crippen molar-refractivity contribution in [1.82, 2.24) is 24.7 Å². The number of nitrogens with zero attached hydrogens (tertiary/aromatic N) is 3. The van der Waals surface area contributed by atoms with E-state index in [-0.39, 0.29) is 23.9 Å². The number of aromatic nitrogens is 4. The second kappa shape index (κ2) is 5.15. The number of H-pyrrole nitrogens is 2. The summed E-state index contributed by atoms with van der Waals surface area (Å²) in [7, 11) is -3.61. The number of hydrogen-bond acceptors (Lipinski definition) is 5. The van der Waals surface area contributed by atoms with Crippen molar-refractivity contribution in [1.29, 1.82) is 0 Å². The number of β-amino-alcohol motifs (C(OH)–C–C–N with tert-alkyl or cyclic N) is 1. The zero-order valence-corrected chi connectivity index (χ0v) is 13.4. The first-order valence-corrected chi connectivity index (χ1v) is 9.16. The molecule has 9 heteroatoms. The third-order valence-corrected chi connectivity index (χ3v) is 6.60. The summed E-state index contributed by atoms with van der Waals surface area (Å²) < 4.78 is 26.8. The van der Waals surface area contributed by atoms with Crippen molar-refractivity contribution in [2.45, 2.75) is 42.1 Å². The highest BCUT2D eigenvalue weighted by Crippen LogP contribution is 2.40. The van der Waals surface area contributed by atoms with E-state index in [0.717, 1.165) is 25.0 Å². The van der Waals surface area contributed by atoms with Crippen LogP contribution in [-0.2, 0) is 16.4 Å². The summed E-state index contributed by atoms with van der Waals surface area (Å²) in [6.07, 6.45) is 6.47. The molecule has 2 aromatic heterocycles. The first-order valence-electron chi connectivity index (χ1n) is 7.72. The molecule has 2 aliphatic rings. The molecule has 8 nitrogen and oxygen atoms in total. The smallest absolute Gasteiger partial charge is 0.246 e. The summed E-state index contributed by atoms with van der Waals surface area (Å²) in [6.45, 7) is 0.174. The molecule has 0 bridgehead atoms. The van der Waals surface area contributed by atoms with Crippen LogP contribution in [0.25, 0.3) is 0 Å². The SMILES string of the molecule is O=S(=O)(c1cn[nH]c1C1CCC1)N1CC(O)(Cc2ccn[nH]2)C1. The van der Waals surface area contributed by atoms with E-state index in [1.54, 1.807) is 12.3 Å². The summed E-state index contributed by atoms with van der Waals surface area (Å²) in [5, 5.41) is 23.9. The number of hydrogen-bond donors (Lipinski definition) is 3. The molecular weight excluding hydrogens is 318 g/mol. The van der Waals surface area contributed by atoms with Crippen LogP contribution in [0, 0.1) is 0 Å². The van der Waals surface area contributed by atoms with Gasteiger partial charge in [0.15, 0.2) is 0 Å².